The van der Waals surface area contributed by atoms with Crippen LogP contribution in [-0.2, 0) is 6.42 Å². The summed E-state index contributed by atoms with van der Waals surface area (Å²) < 4.78 is 5.17. The molecule has 1 aromatic carbocycles. The maximum absolute atomic E-state index is 8.84. The van der Waals surface area contributed by atoms with Gasteiger partial charge in [0, 0.05) is 5.56 Å². The van der Waals surface area contributed by atoms with Gasteiger partial charge in [-0.05, 0) is 18.6 Å². The largest absolute Gasteiger partial charge is 0.496 e. The second-order valence-corrected chi connectivity index (χ2v) is 2.89. The fraction of sp³-hybridized carbons (Fsp3) is 0.273. The number of hydrogen-bond acceptors (Lipinski definition) is 3. The molecule has 3 nitrogen and oxygen atoms in total. The van der Waals surface area contributed by atoms with E-state index in [1.807, 2.05) is 19.1 Å². The van der Waals surface area contributed by atoms with Crippen LogP contribution in [0.5, 0.6) is 5.75 Å². The Morgan fingerprint density at radius 1 is 1.36 bits per heavy atom. The summed E-state index contributed by atoms with van der Waals surface area (Å²) in [5.74, 6) is 0.644. The van der Waals surface area contributed by atoms with Crippen molar-refractivity contribution in [3.63, 3.8) is 0 Å². The van der Waals surface area contributed by atoms with Crippen LogP contribution in [0.25, 0.3) is 0 Å². The molecular weight excluding hydrogens is 176 g/mol. The Bertz CT molecular complexity index is 424. The summed E-state index contributed by atoms with van der Waals surface area (Å²) in [5.41, 5.74) is 2.13. The van der Waals surface area contributed by atoms with E-state index in [-0.39, 0.29) is 6.42 Å². The van der Waals surface area contributed by atoms with E-state index in [9.17, 15) is 0 Å². The molecule has 0 N–H and O–H groups in total. The van der Waals surface area contributed by atoms with Crippen LogP contribution < -0.4 is 4.74 Å². The van der Waals surface area contributed by atoms with Gasteiger partial charge >= 0.3 is 0 Å². The molecule has 3 heteroatoms. The maximum Gasteiger partial charge on any atom is 0.127 e. The zero-order valence-electron chi connectivity index (χ0n) is 8.16. The Kier molecular flexibility index (Phi) is 3.09. The monoisotopic (exact) mass is 186 g/mol. The van der Waals surface area contributed by atoms with Crippen LogP contribution in [0, 0.1) is 29.6 Å². The number of rotatable bonds is 2. The van der Waals surface area contributed by atoms with E-state index >= 15 is 0 Å². The lowest BCUT2D eigenvalue weighted by molar-refractivity contribution is 0.407. The lowest BCUT2D eigenvalue weighted by Gasteiger charge is -2.10. The third kappa shape index (κ3) is 1.67. The van der Waals surface area contributed by atoms with Crippen LogP contribution in [0.2, 0.25) is 0 Å². The van der Waals surface area contributed by atoms with Crippen molar-refractivity contribution in [3.8, 4) is 17.9 Å². The van der Waals surface area contributed by atoms with Crippen molar-refractivity contribution in [2.75, 3.05) is 7.11 Å². The zero-order valence-corrected chi connectivity index (χ0v) is 8.16. The molecule has 0 aliphatic rings. The third-order valence-corrected chi connectivity index (χ3v) is 2.04. The lowest BCUT2D eigenvalue weighted by Crippen LogP contribution is -1.97. The molecule has 0 aromatic heterocycles. The molecule has 0 bridgehead atoms. The standard InChI is InChI=1S/C11H10N2O/c1-8-3-4-9(7-13)10(5-6-12)11(8)14-2/h3-4H,5H2,1-2H3. The van der Waals surface area contributed by atoms with Gasteiger partial charge in [0.05, 0.1) is 31.2 Å². The number of aryl methyl sites for hydroxylation is 1. The highest BCUT2D eigenvalue weighted by molar-refractivity contribution is 5.51. The first-order valence-electron chi connectivity index (χ1n) is 4.18. The van der Waals surface area contributed by atoms with Crippen molar-refractivity contribution in [1.82, 2.24) is 0 Å². The molecule has 0 spiro atoms. The van der Waals surface area contributed by atoms with E-state index < -0.39 is 0 Å². The Balaban J connectivity index is 3.39. The van der Waals surface area contributed by atoms with Crippen LogP contribution in [0.1, 0.15) is 16.7 Å². The van der Waals surface area contributed by atoms with Crippen LogP contribution in [0.15, 0.2) is 12.1 Å². The van der Waals surface area contributed by atoms with Gasteiger partial charge in [0.15, 0.2) is 0 Å². The van der Waals surface area contributed by atoms with Gasteiger partial charge < -0.3 is 4.74 Å². The van der Waals surface area contributed by atoms with Crippen molar-refractivity contribution in [2.45, 2.75) is 13.3 Å². The summed E-state index contributed by atoms with van der Waals surface area (Å²) in [5, 5.41) is 17.5. The molecular formula is C11H10N2O. The van der Waals surface area contributed by atoms with Crippen LogP contribution in [0.3, 0.4) is 0 Å². The van der Waals surface area contributed by atoms with Gasteiger partial charge in [-0.3, -0.25) is 0 Å². The minimum Gasteiger partial charge on any atom is -0.496 e. The Labute approximate surface area is 83.2 Å². The fourth-order valence-corrected chi connectivity index (χ4v) is 1.39. The van der Waals surface area contributed by atoms with E-state index in [0.29, 0.717) is 16.9 Å². The van der Waals surface area contributed by atoms with Crippen molar-refractivity contribution < 1.29 is 4.74 Å². The maximum atomic E-state index is 8.84. The van der Waals surface area contributed by atoms with Crippen molar-refractivity contribution in [2.24, 2.45) is 0 Å². The smallest absolute Gasteiger partial charge is 0.127 e. The van der Waals surface area contributed by atoms with E-state index in [4.69, 9.17) is 15.3 Å². The average molecular weight is 186 g/mol. The van der Waals surface area contributed by atoms with E-state index in [1.165, 1.54) is 0 Å². The highest BCUT2D eigenvalue weighted by atomic mass is 16.5. The van der Waals surface area contributed by atoms with E-state index in [1.54, 1.807) is 13.2 Å². The van der Waals surface area contributed by atoms with Gasteiger partial charge in [-0.1, -0.05) is 6.07 Å². The number of nitrogens with zero attached hydrogens (tertiary/aromatic N) is 2. The minimum atomic E-state index is 0.202. The van der Waals surface area contributed by atoms with Gasteiger partial charge in [0.25, 0.3) is 0 Å². The van der Waals surface area contributed by atoms with Crippen molar-refractivity contribution in [1.29, 1.82) is 10.5 Å². The molecule has 0 unspecified atom stereocenters. The molecule has 70 valence electrons. The summed E-state index contributed by atoms with van der Waals surface area (Å²) in [4.78, 5) is 0. The van der Waals surface area contributed by atoms with Gasteiger partial charge in [0.1, 0.15) is 5.75 Å². The molecule has 0 amide bonds. The molecule has 0 aliphatic heterocycles. The average Bonchev–Trinajstić information content (AvgIpc) is 2.19. The topological polar surface area (TPSA) is 56.8 Å². The summed E-state index contributed by atoms with van der Waals surface area (Å²) in [6, 6.07) is 7.61. The number of hydrogen-bond donors (Lipinski definition) is 0. The predicted molar refractivity (Wildman–Crippen MR) is 51.8 cm³/mol. The first-order chi connectivity index (χ1) is 6.74. The van der Waals surface area contributed by atoms with E-state index in [0.717, 1.165) is 5.56 Å². The molecule has 1 aromatic rings. The SMILES string of the molecule is COc1c(C)ccc(C#N)c1CC#N. The first kappa shape index (κ1) is 10.1. The minimum absolute atomic E-state index is 0.202. The highest BCUT2D eigenvalue weighted by Crippen LogP contribution is 2.26. The van der Waals surface area contributed by atoms with Crippen LogP contribution in [-0.4, -0.2) is 7.11 Å². The van der Waals surface area contributed by atoms with Gasteiger partial charge in [-0.15, -0.1) is 0 Å². The van der Waals surface area contributed by atoms with Gasteiger partial charge in [0.2, 0.25) is 0 Å². The molecule has 14 heavy (non-hydrogen) atoms. The number of nitriles is 2. The van der Waals surface area contributed by atoms with Gasteiger partial charge in [-0.25, -0.2) is 0 Å². The van der Waals surface area contributed by atoms with Crippen molar-refractivity contribution >= 4 is 0 Å². The van der Waals surface area contributed by atoms with Crippen LogP contribution in [0.4, 0.5) is 0 Å². The number of ether oxygens (including phenoxy) is 1. The molecule has 1 rings (SSSR count). The number of benzene rings is 1. The molecule has 0 atom stereocenters. The first-order valence-corrected chi connectivity index (χ1v) is 4.18. The van der Waals surface area contributed by atoms with Gasteiger partial charge in [-0.2, -0.15) is 10.5 Å². The van der Waals surface area contributed by atoms with E-state index in [2.05, 4.69) is 6.07 Å². The second-order valence-electron chi connectivity index (χ2n) is 2.89. The Morgan fingerprint density at radius 3 is 2.57 bits per heavy atom. The molecule has 0 aliphatic carbocycles. The quantitative estimate of drug-likeness (QED) is 0.709. The Morgan fingerprint density at radius 2 is 2.07 bits per heavy atom. The summed E-state index contributed by atoms with van der Waals surface area (Å²) in [6.45, 7) is 1.89. The molecule has 0 saturated heterocycles. The fourth-order valence-electron chi connectivity index (χ4n) is 1.39. The molecule has 0 fully saturated rings. The summed E-state index contributed by atoms with van der Waals surface area (Å²) in [6.07, 6.45) is 0.202. The lowest BCUT2D eigenvalue weighted by atomic mass is 10.0. The summed E-state index contributed by atoms with van der Waals surface area (Å²) in [7, 11) is 1.55. The normalized spacial score (nSPS) is 8.86. The molecule has 0 saturated carbocycles. The highest BCUT2D eigenvalue weighted by Gasteiger charge is 2.10. The summed E-state index contributed by atoms with van der Waals surface area (Å²) >= 11 is 0. The number of methoxy groups -OCH3 is 1. The van der Waals surface area contributed by atoms with Crippen molar-refractivity contribution in [3.05, 3.63) is 28.8 Å². The predicted octanol–water partition coefficient (Wildman–Crippen LogP) is 1.94. The second kappa shape index (κ2) is 4.30. The Hall–Kier alpha value is -2.00. The third-order valence-electron chi connectivity index (χ3n) is 2.04. The molecule has 0 heterocycles. The zero-order chi connectivity index (χ0) is 10.6. The van der Waals surface area contributed by atoms with Crippen LogP contribution >= 0.6 is 0 Å². The molecule has 0 radical (unpaired) electrons.